The van der Waals surface area contributed by atoms with Crippen molar-refractivity contribution < 1.29 is 17.7 Å². The summed E-state index contributed by atoms with van der Waals surface area (Å²) in [5.41, 5.74) is 1.98. The van der Waals surface area contributed by atoms with Gasteiger partial charge < -0.3 is 15.2 Å². The fourth-order valence-corrected chi connectivity index (χ4v) is 4.00. The van der Waals surface area contributed by atoms with Gasteiger partial charge in [0, 0.05) is 43.8 Å². The molecular formula is C23H26F2N6O2. The molecule has 1 saturated heterocycles. The minimum absolute atomic E-state index is 0.193. The molecule has 1 aliphatic heterocycles. The van der Waals surface area contributed by atoms with Gasteiger partial charge in [-0.2, -0.15) is 0 Å². The van der Waals surface area contributed by atoms with Crippen LogP contribution in [0.5, 0.6) is 0 Å². The van der Waals surface area contributed by atoms with Crippen molar-refractivity contribution in [2.24, 2.45) is 0 Å². The number of amides is 1. The number of hydrogen-bond acceptors (Lipinski definition) is 6. The summed E-state index contributed by atoms with van der Waals surface area (Å²) in [4.78, 5) is 39.1. The number of pyridine rings is 1. The van der Waals surface area contributed by atoms with Gasteiger partial charge in [0.05, 0.1) is 16.7 Å². The van der Waals surface area contributed by atoms with Crippen LogP contribution < -0.4 is 15.8 Å². The Bertz CT molecular complexity index is 1320. The number of nitrogens with zero attached hydrogens (tertiary/aromatic N) is 4. The molecule has 2 N–H and O–H groups in total. The van der Waals surface area contributed by atoms with E-state index in [0.29, 0.717) is 50.4 Å². The number of anilines is 1. The molecule has 174 valence electrons. The standard InChI is InChI=1S/C23H26F2N6O2/c1-3-15-23(33)29-18-12-14(4-5-16(18)27-15)13-30-8-10-31(11-9-30)19-7-6-17(22(32)26-2)28-20(19)21(24)25/h4-7,12,21H,3,8-11,13H2,1-2H3,(H,26,32)(H,29,33)/i2D3. The lowest BCUT2D eigenvalue weighted by Gasteiger charge is -2.36. The normalized spacial score (nSPS) is 16.5. The summed E-state index contributed by atoms with van der Waals surface area (Å²) >= 11 is 0. The largest absolute Gasteiger partial charge is 0.367 e. The van der Waals surface area contributed by atoms with Crippen molar-refractivity contribution in [1.29, 1.82) is 0 Å². The van der Waals surface area contributed by atoms with E-state index >= 15 is 0 Å². The number of H-pyrrole nitrogens is 1. The van der Waals surface area contributed by atoms with Crippen LogP contribution in [0.25, 0.3) is 11.0 Å². The smallest absolute Gasteiger partial charge is 0.282 e. The molecule has 3 heterocycles. The number of aromatic nitrogens is 3. The number of hydrogen-bond donors (Lipinski definition) is 2. The molecule has 10 heteroatoms. The van der Waals surface area contributed by atoms with Crippen molar-refractivity contribution in [1.82, 2.24) is 25.2 Å². The summed E-state index contributed by atoms with van der Waals surface area (Å²) in [5, 5.41) is 1.76. The monoisotopic (exact) mass is 459 g/mol. The zero-order valence-corrected chi connectivity index (χ0v) is 18.1. The van der Waals surface area contributed by atoms with Crippen molar-refractivity contribution in [3.05, 3.63) is 63.3 Å². The minimum atomic E-state index is -2.93. The van der Waals surface area contributed by atoms with Crippen LogP contribution in [0.3, 0.4) is 0 Å². The number of piperazine rings is 1. The molecule has 1 aromatic carbocycles. The highest BCUT2D eigenvalue weighted by Crippen LogP contribution is 2.29. The summed E-state index contributed by atoms with van der Waals surface area (Å²) in [6.45, 7) is 1.89. The van der Waals surface area contributed by atoms with Gasteiger partial charge in [-0.15, -0.1) is 0 Å². The lowest BCUT2D eigenvalue weighted by Crippen LogP contribution is -2.46. The first-order chi connectivity index (χ1) is 17.0. The molecule has 1 amide bonds. The Kier molecular flexibility index (Phi) is 5.57. The fourth-order valence-electron chi connectivity index (χ4n) is 4.00. The van der Waals surface area contributed by atoms with E-state index < -0.39 is 25.0 Å². The molecule has 1 fully saturated rings. The third-order valence-corrected chi connectivity index (χ3v) is 5.74. The molecule has 2 aromatic heterocycles. The highest BCUT2D eigenvalue weighted by molar-refractivity contribution is 5.92. The number of benzene rings is 1. The summed E-state index contributed by atoms with van der Waals surface area (Å²) in [6, 6.07) is 8.37. The first-order valence-corrected chi connectivity index (χ1v) is 10.6. The van der Waals surface area contributed by atoms with Gasteiger partial charge in [-0.3, -0.25) is 14.5 Å². The van der Waals surface area contributed by atoms with E-state index in [4.69, 9.17) is 4.11 Å². The topological polar surface area (TPSA) is 94.2 Å². The third kappa shape index (κ3) is 4.85. The van der Waals surface area contributed by atoms with Crippen LogP contribution in [0.1, 0.15) is 44.9 Å². The number of alkyl halides is 2. The number of aryl methyl sites for hydroxylation is 1. The van der Waals surface area contributed by atoms with Gasteiger partial charge in [-0.25, -0.2) is 18.7 Å². The molecule has 4 rings (SSSR count). The van der Waals surface area contributed by atoms with Crippen LogP contribution >= 0.6 is 0 Å². The molecule has 8 nitrogen and oxygen atoms in total. The maximum Gasteiger partial charge on any atom is 0.282 e. The molecule has 0 unspecified atom stereocenters. The second kappa shape index (κ2) is 9.62. The average molecular weight is 460 g/mol. The van der Waals surface area contributed by atoms with Gasteiger partial charge >= 0.3 is 0 Å². The number of aromatic amines is 1. The van der Waals surface area contributed by atoms with Gasteiger partial charge in [0.15, 0.2) is 0 Å². The second-order valence-electron chi connectivity index (χ2n) is 7.84. The Labute approximate surface area is 193 Å². The molecule has 0 spiro atoms. The highest BCUT2D eigenvalue weighted by atomic mass is 19.3. The zero-order valence-electron chi connectivity index (χ0n) is 21.1. The van der Waals surface area contributed by atoms with E-state index in [9.17, 15) is 18.4 Å². The van der Waals surface area contributed by atoms with Crippen LogP contribution in [0.15, 0.2) is 35.1 Å². The third-order valence-electron chi connectivity index (χ3n) is 5.74. The highest BCUT2D eigenvalue weighted by Gasteiger charge is 2.25. The molecule has 33 heavy (non-hydrogen) atoms. The van der Waals surface area contributed by atoms with E-state index in [-0.39, 0.29) is 16.9 Å². The first-order valence-electron chi connectivity index (χ1n) is 12.1. The maximum atomic E-state index is 13.8. The number of nitrogens with one attached hydrogen (secondary N) is 2. The Morgan fingerprint density at radius 3 is 2.70 bits per heavy atom. The summed E-state index contributed by atoms with van der Waals surface area (Å²) in [7, 11) is 0. The Morgan fingerprint density at radius 1 is 1.21 bits per heavy atom. The maximum absolute atomic E-state index is 13.8. The number of halogens is 2. The lowest BCUT2D eigenvalue weighted by atomic mass is 10.1. The molecule has 0 atom stereocenters. The number of rotatable bonds is 6. The van der Waals surface area contributed by atoms with Crippen LogP contribution in [-0.4, -0.2) is 58.9 Å². The predicted molar refractivity (Wildman–Crippen MR) is 122 cm³/mol. The van der Waals surface area contributed by atoms with E-state index in [0.717, 1.165) is 11.1 Å². The van der Waals surface area contributed by atoms with Crippen LogP contribution in [0.2, 0.25) is 0 Å². The van der Waals surface area contributed by atoms with Gasteiger partial charge in [-0.1, -0.05) is 13.0 Å². The van der Waals surface area contributed by atoms with E-state index in [1.54, 1.807) is 10.2 Å². The number of fused-ring (bicyclic) bond motifs is 1. The number of carbonyl (C=O) groups excluding carboxylic acids is 1. The summed E-state index contributed by atoms with van der Waals surface area (Å²) < 4.78 is 48.9. The van der Waals surface area contributed by atoms with Gasteiger partial charge in [0.2, 0.25) is 0 Å². The lowest BCUT2D eigenvalue weighted by molar-refractivity contribution is 0.0956. The molecule has 0 radical (unpaired) electrons. The number of carbonyl (C=O) groups is 1. The van der Waals surface area contributed by atoms with Crippen LogP contribution in [0, 0.1) is 0 Å². The predicted octanol–water partition coefficient (Wildman–Crippen LogP) is 2.50. The van der Waals surface area contributed by atoms with Gasteiger partial charge in [0.1, 0.15) is 17.1 Å². The molecule has 0 saturated carbocycles. The van der Waals surface area contributed by atoms with Gasteiger partial charge in [0.25, 0.3) is 17.9 Å². The van der Waals surface area contributed by atoms with Crippen molar-refractivity contribution >= 4 is 22.6 Å². The summed E-state index contributed by atoms with van der Waals surface area (Å²) in [6.07, 6.45) is -2.38. The first kappa shape index (κ1) is 19.1. The Morgan fingerprint density at radius 2 is 2.00 bits per heavy atom. The fraction of sp³-hybridized carbons (Fsp3) is 0.391. The van der Waals surface area contributed by atoms with Crippen molar-refractivity contribution in [2.75, 3.05) is 38.1 Å². The molecule has 1 aliphatic rings. The molecule has 0 bridgehead atoms. The van der Waals surface area contributed by atoms with E-state index in [1.807, 2.05) is 25.1 Å². The molecule has 0 aliphatic carbocycles. The Balaban J connectivity index is 1.44. The van der Waals surface area contributed by atoms with Gasteiger partial charge in [-0.05, 0) is 36.2 Å². The zero-order chi connectivity index (χ0) is 26.0. The minimum Gasteiger partial charge on any atom is -0.367 e. The van der Waals surface area contributed by atoms with E-state index in [2.05, 4.69) is 19.9 Å². The van der Waals surface area contributed by atoms with E-state index in [1.165, 1.54) is 12.1 Å². The summed E-state index contributed by atoms with van der Waals surface area (Å²) in [5.74, 6) is -1.04. The average Bonchev–Trinajstić information content (AvgIpc) is 2.82. The Hall–Kier alpha value is -3.40. The van der Waals surface area contributed by atoms with Crippen LogP contribution in [0.4, 0.5) is 14.5 Å². The van der Waals surface area contributed by atoms with Crippen molar-refractivity contribution in [2.45, 2.75) is 26.3 Å². The molecule has 3 aromatic rings. The quantitative estimate of drug-likeness (QED) is 0.588. The van der Waals surface area contributed by atoms with Crippen molar-refractivity contribution in [3.63, 3.8) is 0 Å². The van der Waals surface area contributed by atoms with Crippen molar-refractivity contribution in [3.8, 4) is 0 Å². The SMILES string of the molecule is [2H]C([2H])([2H])NC(=O)c1ccc(N2CCN(Cc3ccc4nc(CC)c(=O)[nH]c4c3)CC2)c(C(F)F)n1. The molecular weight excluding hydrogens is 430 g/mol. The second-order valence-corrected chi connectivity index (χ2v) is 7.84. The van der Waals surface area contributed by atoms with Crippen LogP contribution in [-0.2, 0) is 13.0 Å².